The standard InChI is InChI=1S/C42H30N2S/c1-4-14-30(15-5-1)32-18-10-22-35(28-32)44(36-23-11-19-33(29-36)31-16-6-2-7-17-31)39-26-12-24-37-41-38(43-34-20-8-3-9-21-34)25-13-27-40(41)45-42(37)39/h1-29,43H. The van der Waals surface area contributed by atoms with E-state index in [1.807, 2.05) is 17.4 Å². The highest BCUT2D eigenvalue weighted by Gasteiger charge is 2.20. The topological polar surface area (TPSA) is 15.3 Å². The SMILES string of the molecule is c1ccc(Nc2cccc3sc4c(N(c5cccc(-c6ccccc6)c5)c5cccc(-c6ccccc6)c5)cccc4c23)cc1. The fourth-order valence-corrected chi connectivity index (χ4v) is 7.36. The molecule has 1 heterocycles. The lowest BCUT2D eigenvalue weighted by molar-refractivity contribution is 1.30. The second-order valence-electron chi connectivity index (χ2n) is 11.1. The van der Waals surface area contributed by atoms with Crippen molar-refractivity contribution in [1.82, 2.24) is 0 Å². The van der Waals surface area contributed by atoms with E-state index in [1.165, 1.54) is 42.4 Å². The average molecular weight is 595 g/mol. The van der Waals surface area contributed by atoms with Gasteiger partial charge in [0.05, 0.1) is 10.4 Å². The molecule has 45 heavy (non-hydrogen) atoms. The van der Waals surface area contributed by atoms with Gasteiger partial charge in [-0.2, -0.15) is 0 Å². The number of rotatable bonds is 7. The van der Waals surface area contributed by atoms with Gasteiger partial charge < -0.3 is 10.2 Å². The van der Waals surface area contributed by atoms with Crippen molar-refractivity contribution in [2.45, 2.75) is 0 Å². The minimum atomic E-state index is 1.08. The first kappa shape index (κ1) is 26.9. The van der Waals surface area contributed by atoms with Crippen LogP contribution >= 0.6 is 11.3 Å². The van der Waals surface area contributed by atoms with Crippen molar-refractivity contribution in [2.24, 2.45) is 0 Å². The van der Waals surface area contributed by atoms with Crippen molar-refractivity contribution in [2.75, 3.05) is 10.2 Å². The highest BCUT2D eigenvalue weighted by atomic mass is 32.1. The van der Waals surface area contributed by atoms with Crippen LogP contribution in [0.3, 0.4) is 0 Å². The Morgan fingerprint density at radius 1 is 0.444 bits per heavy atom. The van der Waals surface area contributed by atoms with Crippen LogP contribution in [-0.4, -0.2) is 0 Å². The molecule has 7 aromatic carbocycles. The molecule has 0 amide bonds. The highest BCUT2D eigenvalue weighted by molar-refractivity contribution is 7.26. The van der Waals surface area contributed by atoms with Gasteiger partial charge in [0, 0.05) is 38.2 Å². The van der Waals surface area contributed by atoms with Crippen LogP contribution in [0.2, 0.25) is 0 Å². The molecule has 0 aliphatic heterocycles. The highest BCUT2D eigenvalue weighted by Crippen LogP contribution is 2.47. The molecular formula is C42H30N2S. The van der Waals surface area contributed by atoms with Crippen LogP contribution in [0.5, 0.6) is 0 Å². The van der Waals surface area contributed by atoms with Gasteiger partial charge in [-0.1, -0.05) is 121 Å². The number of benzene rings is 7. The smallest absolute Gasteiger partial charge is 0.0640 e. The van der Waals surface area contributed by atoms with Gasteiger partial charge in [0.2, 0.25) is 0 Å². The molecule has 0 fully saturated rings. The predicted molar refractivity (Wildman–Crippen MR) is 195 cm³/mol. The summed E-state index contributed by atoms with van der Waals surface area (Å²) in [7, 11) is 0. The van der Waals surface area contributed by atoms with Crippen molar-refractivity contribution in [1.29, 1.82) is 0 Å². The summed E-state index contributed by atoms with van der Waals surface area (Å²) in [4.78, 5) is 2.42. The number of anilines is 5. The Balaban J connectivity index is 1.34. The first-order valence-electron chi connectivity index (χ1n) is 15.2. The van der Waals surface area contributed by atoms with Crippen LogP contribution < -0.4 is 10.2 Å². The van der Waals surface area contributed by atoms with Crippen LogP contribution in [0.15, 0.2) is 176 Å². The first-order chi connectivity index (χ1) is 22.3. The molecule has 8 aromatic rings. The average Bonchev–Trinajstić information content (AvgIpc) is 3.51. The Morgan fingerprint density at radius 3 is 1.60 bits per heavy atom. The van der Waals surface area contributed by atoms with Gasteiger partial charge in [-0.15, -0.1) is 11.3 Å². The number of fused-ring (bicyclic) bond motifs is 3. The van der Waals surface area contributed by atoms with Gasteiger partial charge in [-0.3, -0.25) is 0 Å². The maximum Gasteiger partial charge on any atom is 0.0640 e. The van der Waals surface area contributed by atoms with E-state index >= 15 is 0 Å². The van der Waals surface area contributed by atoms with Gasteiger partial charge in [-0.05, 0) is 76.9 Å². The predicted octanol–water partition coefficient (Wildman–Crippen LogP) is 12.6. The van der Waals surface area contributed by atoms with Crippen molar-refractivity contribution >= 4 is 59.9 Å². The number of hydrogen-bond donors (Lipinski definition) is 1. The van der Waals surface area contributed by atoms with E-state index in [0.717, 1.165) is 28.4 Å². The molecule has 0 saturated carbocycles. The summed E-state index contributed by atoms with van der Waals surface area (Å²) in [5.74, 6) is 0. The van der Waals surface area contributed by atoms with E-state index in [1.54, 1.807) is 0 Å². The van der Waals surface area contributed by atoms with E-state index in [4.69, 9.17) is 0 Å². The molecule has 0 saturated heterocycles. The van der Waals surface area contributed by atoms with E-state index in [0.29, 0.717) is 0 Å². The normalized spacial score (nSPS) is 11.1. The van der Waals surface area contributed by atoms with Crippen molar-refractivity contribution in [3.63, 3.8) is 0 Å². The maximum absolute atomic E-state index is 3.68. The van der Waals surface area contributed by atoms with Gasteiger partial charge in [0.25, 0.3) is 0 Å². The Labute approximate surface area is 267 Å². The monoisotopic (exact) mass is 594 g/mol. The Morgan fingerprint density at radius 2 is 0.978 bits per heavy atom. The second-order valence-corrected chi connectivity index (χ2v) is 12.1. The van der Waals surface area contributed by atoms with Crippen molar-refractivity contribution < 1.29 is 0 Å². The quantitative estimate of drug-likeness (QED) is 0.197. The molecule has 8 rings (SSSR count). The molecule has 0 spiro atoms. The van der Waals surface area contributed by atoms with Crippen molar-refractivity contribution in [3.8, 4) is 22.3 Å². The number of thiophene rings is 1. The Hall–Kier alpha value is -5.64. The maximum atomic E-state index is 3.68. The van der Waals surface area contributed by atoms with E-state index < -0.39 is 0 Å². The Bertz CT molecular complexity index is 2160. The second kappa shape index (κ2) is 11.8. The van der Waals surface area contributed by atoms with E-state index in [-0.39, 0.29) is 0 Å². The lowest BCUT2D eigenvalue weighted by atomic mass is 10.0. The summed E-state index contributed by atoms with van der Waals surface area (Å²) in [6.45, 7) is 0. The minimum Gasteiger partial charge on any atom is -0.355 e. The molecule has 0 atom stereocenters. The third-order valence-electron chi connectivity index (χ3n) is 8.22. The largest absolute Gasteiger partial charge is 0.355 e. The minimum absolute atomic E-state index is 1.08. The van der Waals surface area contributed by atoms with Crippen LogP contribution in [-0.2, 0) is 0 Å². The number of nitrogens with one attached hydrogen (secondary N) is 1. The molecule has 0 aliphatic carbocycles. The molecule has 1 N–H and O–H groups in total. The number of para-hydroxylation sites is 1. The first-order valence-corrected chi connectivity index (χ1v) is 16.0. The molecule has 2 nitrogen and oxygen atoms in total. The summed E-state index contributed by atoms with van der Waals surface area (Å²) >= 11 is 1.85. The summed E-state index contributed by atoms with van der Waals surface area (Å²) in [6, 6.07) is 62.7. The summed E-state index contributed by atoms with van der Waals surface area (Å²) in [5.41, 5.74) is 10.4. The zero-order chi connectivity index (χ0) is 30.0. The third-order valence-corrected chi connectivity index (χ3v) is 9.41. The Kier molecular flexibility index (Phi) is 7.07. The van der Waals surface area contributed by atoms with Gasteiger partial charge in [-0.25, -0.2) is 0 Å². The van der Waals surface area contributed by atoms with Crippen LogP contribution in [0.25, 0.3) is 42.4 Å². The van der Waals surface area contributed by atoms with E-state index in [2.05, 4.69) is 180 Å². The van der Waals surface area contributed by atoms with Gasteiger partial charge >= 0.3 is 0 Å². The van der Waals surface area contributed by atoms with E-state index in [9.17, 15) is 0 Å². The zero-order valence-electron chi connectivity index (χ0n) is 24.6. The fraction of sp³-hybridized carbons (Fsp3) is 0. The lowest BCUT2D eigenvalue weighted by Gasteiger charge is -2.27. The molecule has 0 aliphatic rings. The van der Waals surface area contributed by atoms with Gasteiger partial charge in [0.15, 0.2) is 0 Å². The molecule has 1 aromatic heterocycles. The zero-order valence-corrected chi connectivity index (χ0v) is 25.4. The van der Waals surface area contributed by atoms with Crippen molar-refractivity contribution in [3.05, 3.63) is 176 Å². The summed E-state index contributed by atoms with van der Waals surface area (Å²) < 4.78 is 2.51. The van der Waals surface area contributed by atoms with Crippen LogP contribution in [0, 0.1) is 0 Å². The fourth-order valence-electron chi connectivity index (χ4n) is 6.13. The van der Waals surface area contributed by atoms with Crippen LogP contribution in [0.1, 0.15) is 0 Å². The molecule has 214 valence electrons. The lowest BCUT2D eigenvalue weighted by Crippen LogP contribution is -2.10. The number of hydrogen-bond acceptors (Lipinski definition) is 3. The molecule has 0 radical (unpaired) electrons. The van der Waals surface area contributed by atoms with Crippen LogP contribution in [0.4, 0.5) is 28.4 Å². The molecular weight excluding hydrogens is 565 g/mol. The third kappa shape index (κ3) is 5.24. The molecule has 0 unspecified atom stereocenters. The number of nitrogens with zero attached hydrogens (tertiary/aromatic N) is 1. The summed E-state index contributed by atoms with van der Waals surface area (Å²) in [6.07, 6.45) is 0. The molecule has 3 heteroatoms. The molecule has 0 bridgehead atoms. The van der Waals surface area contributed by atoms with Gasteiger partial charge in [0.1, 0.15) is 0 Å². The summed E-state index contributed by atoms with van der Waals surface area (Å²) in [5, 5.41) is 6.18.